The zero-order chi connectivity index (χ0) is 14.0. The van der Waals surface area contributed by atoms with Gasteiger partial charge >= 0.3 is 6.36 Å². The van der Waals surface area contributed by atoms with Gasteiger partial charge in [-0.15, -0.1) is 13.2 Å². The fourth-order valence-electron chi connectivity index (χ4n) is 2.18. The van der Waals surface area contributed by atoms with E-state index in [0.29, 0.717) is 12.0 Å². The van der Waals surface area contributed by atoms with Crippen LogP contribution in [0, 0.1) is 0 Å². The number of alkyl halides is 3. The largest absolute Gasteiger partial charge is 0.573 e. The molecule has 1 aliphatic heterocycles. The van der Waals surface area contributed by atoms with Crippen LogP contribution in [0.2, 0.25) is 0 Å². The van der Waals surface area contributed by atoms with E-state index in [-0.39, 0.29) is 18.0 Å². The third-order valence-corrected chi connectivity index (χ3v) is 3.05. The molecule has 3 nitrogen and oxygen atoms in total. The van der Waals surface area contributed by atoms with Crippen LogP contribution in [0.4, 0.5) is 13.2 Å². The molecule has 1 saturated heterocycles. The lowest BCUT2D eigenvalue weighted by Gasteiger charge is -2.19. The lowest BCUT2D eigenvalue weighted by molar-refractivity contribution is -0.274. The normalized spacial score (nSPS) is 25.3. The summed E-state index contributed by atoms with van der Waals surface area (Å²) in [6.07, 6.45) is -4.47. The SMILES string of the molecule is CC1CCC(C(O)c2cccc(OC(F)(F)F)c2)O1. The molecule has 0 saturated carbocycles. The van der Waals surface area contributed by atoms with Gasteiger partial charge in [-0.05, 0) is 37.5 Å². The molecule has 1 fully saturated rings. The first-order chi connectivity index (χ1) is 8.85. The Morgan fingerprint density at radius 3 is 2.68 bits per heavy atom. The van der Waals surface area contributed by atoms with Gasteiger partial charge in [0.05, 0.1) is 12.2 Å². The van der Waals surface area contributed by atoms with Crippen molar-refractivity contribution in [1.82, 2.24) is 0 Å². The number of aliphatic hydroxyl groups is 1. The topological polar surface area (TPSA) is 38.7 Å². The molecule has 0 aliphatic carbocycles. The first-order valence-electron chi connectivity index (χ1n) is 6.04. The van der Waals surface area contributed by atoms with Crippen molar-refractivity contribution in [3.8, 4) is 5.75 Å². The van der Waals surface area contributed by atoms with Gasteiger partial charge in [0.25, 0.3) is 0 Å². The Hall–Kier alpha value is -1.27. The molecule has 6 heteroatoms. The van der Waals surface area contributed by atoms with Crippen LogP contribution >= 0.6 is 0 Å². The number of aliphatic hydroxyl groups excluding tert-OH is 1. The highest BCUT2D eigenvalue weighted by atomic mass is 19.4. The van der Waals surface area contributed by atoms with Crippen LogP contribution in [0.3, 0.4) is 0 Å². The number of benzene rings is 1. The van der Waals surface area contributed by atoms with E-state index in [1.807, 2.05) is 6.92 Å². The molecule has 2 rings (SSSR count). The van der Waals surface area contributed by atoms with Gasteiger partial charge in [-0.2, -0.15) is 0 Å². The van der Waals surface area contributed by atoms with E-state index >= 15 is 0 Å². The minimum Gasteiger partial charge on any atom is -0.406 e. The summed E-state index contributed by atoms with van der Waals surface area (Å²) in [5.74, 6) is -0.338. The average molecular weight is 276 g/mol. The first-order valence-corrected chi connectivity index (χ1v) is 6.04. The summed E-state index contributed by atoms with van der Waals surface area (Å²) in [7, 11) is 0. The zero-order valence-electron chi connectivity index (χ0n) is 10.4. The maximum atomic E-state index is 12.1. The van der Waals surface area contributed by atoms with E-state index in [2.05, 4.69) is 4.74 Å². The van der Waals surface area contributed by atoms with E-state index in [9.17, 15) is 18.3 Å². The van der Waals surface area contributed by atoms with Gasteiger partial charge < -0.3 is 14.6 Å². The van der Waals surface area contributed by atoms with Crippen molar-refractivity contribution >= 4 is 0 Å². The highest BCUT2D eigenvalue weighted by molar-refractivity contribution is 5.30. The zero-order valence-corrected chi connectivity index (χ0v) is 10.4. The maximum Gasteiger partial charge on any atom is 0.573 e. The minimum atomic E-state index is -4.73. The molecule has 1 heterocycles. The van der Waals surface area contributed by atoms with E-state index < -0.39 is 12.5 Å². The Balaban J connectivity index is 2.10. The Morgan fingerprint density at radius 2 is 2.11 bits per heavy atom. The lowest BCUT2D eigenvalue weighted by Crippen LogP contribution is -2.20. The van der Waals surface area contributed by atoms with Crippen LogP contribution < -0.4 is 4.74 Å². The molecule has 3 atom stereocenters. The molecule has 1 aromatic rings. The van der Waals surface area contributed by atoms with Crippen molar-refractivity contribution in [3.63, 3.8) is 0 Å². The molecular weight excluding hydrogens is 261 g/mol. The van der Waals surface area contributed by atoms with Crippen LogP contribution in [-0.4, -0.2) is 23.7 Å². The van der Waals surface area contributed by atoms with Gasteiger partial charge in [0.1, 0.15) is 11.9 Å². The third kappa shape index (κ3) is 3.84. The van der Waals surface area contributed by atoms with Crippen LogP contribution in [0.15, 0.2) is 24.3 Å². The van der Waals surface area contributed by atoms with E-state index in [4.69, 9.17) is 4.74 Å². The van der Waals surface area contributed by atoms with Crippen molar-refractivity contribution in [1.29, 1.82) is 0 Å². The Morgan fingerprint density at radius 1 is 1.37 bits per heavy atom. The average Bonchev–Trinajstić information content (AvgIpc) is 2.73. The molecule has 1 aliphatic rings. The maximum absolute atomic E-state index is 12.1. The molecular formula is C13H15F3O3. The van der Waals surface area contributed by atoms with Crippen LogP contribution in [0.1, 0.15) is 31.4 Å². The first kappa shape index (κ1) is 14.1. The van der Waals surface area contributed by atoms with Crippen LogP contribution in [-0.2, 0) is 4.74 Å². The van der Waals surface area contributed by atoms with Gasteiger partial charge in [0.15, 0.2) is 0 Å². The monoisotopic (exact) mass is 276 g/mol. The molecule has 0 radical (unpaired) electrons. The Kier molecular flexibility index (Phi) is 4.01. The van der Waals surface area contributed by atoms with Crippen molar-refractivity contribution < 1.29 is 27.8 Å². The number of rotatable bonds is 3. The van der Waals surface area contributed by atoms with Crippen molar-refractivity contribution in [2.24, 2.45) is 0 Å². The van der Waals surface area contributed by atoms with Crippen molar-refractivity contribution in [2.75, 3.05) is 0 Å². The summed E-state index contributed by atoms with van der Waals surface area (Å²) in [6, 6.07) is 5.35. The summed E-state index contributed by atoms with van der Waals surface area (Å²) in [5, 5.41) is 10.1. The second-order valence-electron chi connectivity index (χ2n) is 4.63. The number of halogens is 3. The Bertz CT molecular complexity index is 433. The van der Waals surface area contributed by atoms with Gasteiger partial charge in [-0.1, -0.05) is 12.1 Å². The van der Waals surface area contributed by atoms with Gasteiger partial charge in [0.2, 0.25) is 0 Å². The predicted octanol–water partition coefficient (Wildman–Crippen LogP) is 3.19. The molecule has 0 spiro atoms. The molecule has 0 bridgehead atoms. The van der Waals surface area contributed by atoms with E-state index in [1.165, 1.54) is 18.2 Å². The second-order valence-corrected chi connectivity index (χ2v) is 4.63. The standard InChI is InChI=1S/C13H15F3O3/c1-8-5-6-11(18-8)12(17)9-3-2-4-10(7-9)19-13(14,15)16/h2-4,7-8,11-12,17H,5-6H2,1H3. The van der Waals surface area contributed by atoms with Gasteiger partial charge in [0, 0.05) is 0 Å². The van der Waals surface area contributed by atoms with Gasteiger partial charge in [-0.25, -0.2) is 0 Å². The number of hydrogen-bond donors (Lipinski definition) is 1. The summed E-state index contributed by atoms with van der Waals surface area (Å²) in [5.41, 5.74) is 0.362. The predicted molar refractivity (Wildman–Crippen MR) is 61.7 cm³/mol. The van der Waals surface area contributed by atoms with E-state index in [0.717, 1.165) is 6.42 Å². The molecule has 1 N–H and O–H groups in total. The summed E-state index contributed by atoms with van der Waals surface area (Å²) >= 11 is 0. The minimum absolute atomic E-state index is 0.0641. The summed E-state index contributed by atoms with van der Waals surface area (Å²) < 4.78 is 45.7. The fourth-order valence-corrected chi connectivity index (χ4v) is 2.18. The summed E-state index contributed by atoms with van der Waals surface area (Å²) in [4.78, 5) is 0. The Labute approximate surface area is 108 Å². The third-order valence-electron chi connectivity index (χ3n) is 3.05. The van der Waals surface area contributed by atoms with E-state index in [1.54, 1.807) is 6.07 Å². The molecule has 19 heavy (non-hydrogen) atoms. The quantitative estimate of drug-likeness (QED) is 0.921. The summed E-state index contributed by atoms with van der Waals surface area (Å²) in [6.45, 7) is 1.90. The molecule has 1 aromatic carbocycles. The van der Waals surface area contributed by atoms with Gasteiger partial charge in [-0.3, -0.25) is 0 Å². The second kappa shape index (κ2) is 5.38. The van der Waals surface area contributed by atoms with Crippen molar-refractivity contribution in [3.05, 3.63) is 29.8 Å². The van der Waals surface area contributed by atoms with Crippen LogP contribution in [0.25, 0.3) is 0 Å². The number of ether oxygens (including phenoxy) is 2. The fraction of sp³-hybridized carbons (Fsp3) is 0.538. The molecule has 3 unspecified atom stereocenters. The molecule has 0 aromatic heterocycles. The number of hydrogen-bond acceptors (Lipinski definition) is 3. The molecule has 106 valence electrons. The highest BCUT2D eigenvalue weighted by Gasteiger charge is 2.32. The molecule has 0 amide bonds. The highest BCUT2D eigenvalue weighted by Crippen LogP contribution is 2.32. The lowest BCUT2D eigenvalue weighted by atomic mass is 10.0. The smallest absolute Gasteiger partial charge is 0.406 e. The van der Waals surface area contributed by atoms with Crippen LogP contribution in [0.5, 0.6) is 5.75 Å². The van der Waals surface area contributed by atoms with Crippen molar-refractivity contribution in [2.45, 2.75) is 44.4 Å².